The summed E-state index contributed by atoms with van der Waals surface area (Å²) in [6.45, 7) is 13.3. The second kappa shape index (κ2) is 14.4. The summed E-state index contributed by atoms with van der Waals surface area (Å²) in [6, 6.07) is 12.7. The van der Waals surface area contributed by atoms with Crippen molar-refractivity contribution in [2.24, 2.45) is 5.92 Å². The van der Waals surface area contributed by atoms with E-state index >= 15 is 0 Å². The molecule has 7 nitrogen and oxygen atoms in total. The summed E-state index contributed by atoms with van der Waals surface area (Å²) in [6.07, 6.45) is 7.65. The lowest BCUT2D eigenvalue weighted by Gasteiger charge is -2.36. The molecule has 0 aliphatic heterocycles. The van der Waals surface area contributed by atoms with E-state index in [2.05, 4.69) is 23.5 Å². The second-order valence-corrected chi connectivity index (χ2v) is 11.0. The number of nitrogens with zero attached hydrogens (tertiary/aromatic N) is 1. The van der Waals surface area contributed by atoms with Crippen LogP contribution in [0.25, 0.3) is 0 Å². The quantitative estimate of drug-likeness (QED) is 0.265. The molecule has 2 unspecified atom stereocenters. The van der Waals surface area contributed by atoms with Crippen LogP contribution in [-0.4, -0.2) is 41.0 Å². The van der Waals surface area contributed by atoms with E-state index in [-0.39, 0.29) is 17.7 Å². The van der Waals surface area contributed by atoms with Crippen LogP contribution in [0.5, 0.6) is 0 Å². The number of alkyl carbamates (subject to hydrolysis) is 1. The van der Waals surface area contributed by atoms with Crippen molar-refractivity contribution in [3.63, 3.8) is 0 Å². The summed E-state index contributed by atoms with van der Waals surface area (Å²) >= 11 is 0. The monoisotopic (exact) mass is 533 g/mol. The van der Waals surface area contributed by atoms with Gasteiger partial charge in [0.05, 0.1) is 0 Å². The standard InChI is InChI=1S/C32H43N3O4/c1-9-11-16-21-35(30(37)27(22(3)4)34-31(38)39-32(6,7)8)28(25-19-14-13-18-24(25)10-2)29(36)33-26-20-15-12-17-23(26)5/h2,12-15,17-20,22,27-28H,9,11,16,21H2,1,3-8H3,(H,33,36)(H,34,38). The van der Waals surface area contributed by atoms with Gasteiger partial charge in [-0.25, -0.2) is 4.79 Å². The number of hydrogen-bond acceptors (Lipinski definition) is 4. The predicted molar refractivity (Wildman–Crippen MR) is 156 cm³/mol. The molecule has 0 saturated heterocycles. The topological polar surface area (TPSA) is 87.7 Å². The van der Waals surface area contributed by atoms with Crippen molar-refractivity contribution in [2.75, 3.05) is 11.9 Å². The highest BCUT2D eigenvalue weighted by Gasteiger charge is 2.38. The first-order valence-corrected chi connectivity index (χ1v) is 13.6. The fourth-order valence-corrected chi connectivity index (χ4v) is 4.26. The largest absolute Gasteiger partial charge is 0.444 e. The number of rotatable bonds is 11. The van der Waals surface area contributed by atoms with Crippen LogP contribution in [0.4, 0.5) is 10.5 Å². The maximum Gasteiger partial charge on any atom is 0.408 e. The highest BCUT2D eigenvalue weighted by Crippen LogP contribution is 2.29. The Balaban J connectivity index is 2.60. The van der Waals surface area contributed by atoms with E-state index in [0.29, 0.717) is 29.8 Å². The fourth-order valence-electron chi connectivity index (χ4n) is 4.26. The molecule has 0 aliphatic carbocycles. The van der Waals surface area contributed by atoms with Crippen LogP contribution < -0.4 is 10.6 Å². The molecule has 3 amide bonds. The smallest absolute Gasteiger partial charge is 0.408 e. The predicted octanol–water partition coefficient (Wildman–Crippen LogP) is 6.22. The Morgan fingerprint density at radius 3 is 2.26 bits per heavy atom. The number of anilines is 1. The lowest BCUT2D eigenvalue weighted by Crippen LogP contribution is -2.54. The van der Waals surface area contributed by atoms with Crippen LogP contribution in [0.15, 0.2) is 48.5 Å². The SMILES string of the molecule is C#Cc1ccccc1C(C(=O)Nc1ccccc1C)N(CCCCC)C(=O)C(NC(=O)OC(C)(C)C)C(C)C. The van der Waals surface area contributed by atoms with E-state index in [1.165, 1.54) is 0 Å². The van der Waals surface area contributed by atoms with Gasteiger partial charge in [0.15, 0.2) is 0 Å². The van der Waals surface area contributed by atoms with Gasteiger partial charge in [-0.05, 0) is 63.3 Å². The van der Waals surface area contributed by atoms with E-state index in [1.807, 2.05) is 45.0 Å². The van der Waals surface area contributed by atoms with Crippen molar-refractivity contribution in [3.8, 4) is 12.3 Å². The molecule has 2 aromatic rings. The third-order valence-electron chi connectivity index (χ3n) is 6.26. The first kappa shape index (κ1) is 31.4. The normalized spacial score (nSPS) is 12.7. The minimum atomic E-state index is -1.01. The zero-order chi connectivity index (χ0) is 29.2. The molecule has 39 heavy (non-hydrogen) atoms. The highest BCUT2D eigenvalue weighted by atomic mass is 16.6. The average Bonchev–Trinajstić information content (AvgIpc) is 2.86. The van der Waals surface area contributed by atoms with Gasteiger partial charge in [0.25, 0.3) is 5.91 Å². The third kappa shape index (κ3) is 9.17. The molecular weight excluding hydrogens is 490 g/mol. The number of benzene rings is 2. The number of ether oxygens (including phenoxy) is 1. The Morgan fingerprint density at radius 2 is 1.67 bits per heavy atom. The second-order valence-electron chi connectivity index (χ2n) is 11.0. The number of unbranched alkanes of at least 4 members (excludes halogenated alkanes) is 2. The number of aryl methyl sites for hydroxylation is 1. The molecule has 0 fully saturated rings. The molecule has 2 N–H and O–H groups in total. The van der Waals surface area contributed by atoms with Gasteiger partial charge in [-0.1, -0.05) is 75.9 Å². The van der Waals surface area contributed by atoms with Crippen LogP contribution in [0, 0.1) is 25.2 Å². The number of hydrogen-bond donors (Lipinski definition) is 2. The summed E-state index contributed by atoms with van der Waals surface area (Å²) in [5.41, 5.74) is 1.90. The van der Waals surface area contributed by atoms with Crippen molar-refractivity contribution in [2.45, 2.75) is 85.4 Å². The molecule has 0 aromatic heterocycles. The van der Waals surface area contributed by atoms with Crippen molar-refractivity contribution >= 4 is 23.6 Å². The summed E-state index contributed by atoms with van der Waals surface area (Å²) in [5.74, 6) is 1.66. The van der Waals surface area contributed by atoms with E-state index in [4.69, 9.17) is 11.2 Å². The summed E-state index contributed by atoms with van der Waals surface area (Å²) in [7, 11) is 0. The summed E-state index contributed by atoms with van der Waals surface area (Å²) in [4.78, 5) is 42.5. The van der Waals surface area contributed by atoms with Crippen LogP contribution in [0.1, 0.15) is 83.5 Å². The highest BCUT2D eigenvalue weighted by molar-refractivity contribution is 5.99. The lowest BCUT2D eigenvalue weighted by molar-refractivity contribution is -0.141. The molecule has 2 rings (SSSR count). The molecule has 2 atom stereocenters. The van der Waals surface area contributed by atoms with Gasteiger partial charge in [0, 0.05) is 17.8 Å². The van der Waals surface area contributed by atoms with Crippen LogP contribution in [-0.2, 0) is 14.3 Å². The van der Waals surface area contributed by atoms with E-state index in [9.17, 15) is 14.4 Å². The van der Waals surface area contributed by atoms with Crippen LogP contribution >= 0.6 is 0 Å². The van der Waals surface area contributed by atoms with E-state index in [1.54, 1.807) is 49.9 Å². The van der Waals surface area contributed by atoms with Gasteiger partial charge < -0.3 is 20.3 Å². The summed E-state index contributed by atoms with van der Waals surface area (Å²) in [5, 5.41) is 5.76. The van der Waals surface area contributed by atoms with Crippen molar-refractivity contribution < 1.29 is 19.1 Å². The Kier molecular flexibility index (Phi) is 11.6. The summed E-state index contributed by atoms with van der Waals surface area (Å²) < 4.78 is 5.44. The molecule has 0 heterocycles. The lowest BCUT2D eigenvalue weighted by atomic mass is 9.95. The molecule has 0 spiro atoms. The number of nitrogens with one attached hydrogen (secondary N) is 2. The first-order valence-electron chi connectivity index (χ1n) is 13.6. The minimum Gasteiger partial charge on any atom is -0.444 e. The first-order chi connectivity index (χ1) is 18.4. The third-order valence-corrected chi connectivity index (χ3v) is 6.26. The Labute approximate surface area is 233 Å². The molecule has 0 aliphatic rings. The number of amides is 3. The van der Waals surface area contributed by atoms with Gasteiger partial charge in [0.2, 0.25) is 5.91 Å². The molecule has 2 aromatic carbocycles. The van der Waals surface area contributed by atoms with Gasteiger partial charge in [-0.15, -0.1) is 6.42 Å². The van der Waals surface area contributed by atoms with Crippen molar-refractivity contribution in [3.05, 3.63) is 65.2 Å². The molecule has 7 heteroatoms. The Bertz CT molecular complexity index is 1180. The number of carbonyl (C=O) groups excluding carboxylic acids is 3. The minimum absolute atomic E-state index is 0.262. The molecule has 210 valence electrons. The molecule has 0 bridgehead atoms. The maximum absolute atomic E-state index is 14.2. The van der Waals surface area contributed by atoms with Crippen molar-refractivity contribution in [1.82, 2.24) is 10.2 Å². The van der Waals surface area contributed by atoms with E-state index in [0.717, 1.165) is 18.4 Å². The van der Waals surface area contributed by atoms with Gasteiger partial charge >= 0.3 is 6.09 Å². The zero-order valence-corrected chi connectivity index (χ0v) is 24.3. The zero-order valence-electron chi connectivity index (χ0n) is 24.3. The Hall–Kier alpha value is -3.79. The molecular formula is C32H43N3O4. The Morgan fingerprint density at radius 1 is 1.03 bits per heavy atom. The van der Waals surface area contributed by atoms with Crippen LogP contribution in [0.3, 0.4) is 0 Å². The number of carbonyl (C=O) groups is 3. The average molecular weight is 534 g/mol. The van der Waals surface area contributed by atoms with E-state index < -0.39 is 23.8 Å². The number of terminal acetylenes is 1. The van der Waals surface area contributed by atoms with Gasteiger partial charge in [0.1, 0.15) is 17.7 Å². The van der Waals surface area contributed by atoms with Crippen LogP contribution in [0.2, 0.25) is 0 Å². The number of para-hydroxylation sites is 1. The maximum atomic E-state index is 14.2. The fraction of sp³-hybridized carbons (Fsp3) is 0.469. The molecule has 0 radical (unpaired) electrons. The van der Waals surface area contributed by atoms with Gasteiger partial charge in [-0.2, -0.15) is 0 Å². The van der Waals surface area contributed by atoms with Crippen molar-refractivity contribution in [1.29, 1.82) is 0 Å². The molecule has 0 saturated carbocycles. The van der Waals surface area contributed by atoms with Gasteiger partial charge in [-0.3, -0.25) is 9.59 Å².